The maximum Gasteiger partial charge on any atom is 0.400 e. The van der Waals surface area contributed by atoms with Gasteiger partial charge in [-0.3, -0.25) is 0 Å². The first-order valence-electron chi connectivity index (χ1n) is 13.2. The lowest BCUT2D eigenvalue weighted by atomic mass is 9.68. The van der Waals surface area contributed by atoms with Crippen LogP contribution < -0.4 is 4.74 Å². The molecule has 34 heavy (non-hydrogen) atoms. The average Bonchev–Trinajstić information content (AvgIpc) is 2.83. The van der Waals surface area contributed by atoms with Gasteiger partial charge in [0.05, 0.1) is 5.92 Å². The summed E-state index contributed by atoms with van der Waals surface area (Å²) in [5.74, 6) is -3.23. The molecule has 0 heterocycles. The molecule has 1 aromatic rings. The Morgan fingerprint density at radius 2 is 1.26 bits per heavy atom. The van der Waals surface area contributed by atoms with Crippen molar-refractivity contribution >= 4 is 0 Å². The minimum absolute atomic E-state index is 0.305. The molecule has 0 N–H and O–H groups in total. The number of alkyl halides is 2. The molecule has 3 aliphatic carbocycles. The van der Waals surface area contributed by atoms with Gasteiger partial charge in [-0.1, -0.05) is 44.8 Å². The number of ether oxygens (including phenoxy) is 1. The molecule has 2 unspecified atom stereocenters. The van der Waals surface area contributed by atoms with Crippen LogP contribution in [0.2, 0.25) is 0 Å². The maximum atomic E-state index is 14.7. The number of rotatable bonds is 7. The fraction of sp³-hybridized carbons (Fsp3) is 0.714. The monoisotopic (exact) mass is 484 g/mol. The van der Waals surface area contributed by atoms with Crippen LogP contribution in [0, 0.1) is 53.0 Å². The maximum absolute atomic E-state index is 14.7. The van der Waals surface area contributed by atoms with Crippen LogP contribution in [-0.4, -0.2) is 6.11 Å². The van der Waals surface area contributed by atoms with Gasteiger partial charge in [0.25, 0.3) is 0 Å². The Hall–Kier alpha value is -1.59. The Kier molecular flexibility index (Phi) is 8.24. The SMILES string of the molecule is CCCC1CCC(C2C=CC(C3CCC(C(F)(F)Oc4cc(F)c(F)c(F)c4)CC3)CC2)CC1. The van der Waals surface area contributed by atoms with Crippen LogP contribution in [0.25, 0.3) is 0 Å². The molecule has 0 spiro atoms. The first-order chi connectivity index (χ1) is 16.3. The summed E-state index contributed by atoms with van der Waals surface area (Å²) in [6.07, 6.45) is 13.6. The van der Waals surface area contributed by atoms with E-state index in [1.165, 1.54) is 44.9 Å². The summed E-state index contributed by atoms with van der Waals surface area (Å²) in [7, 11) is 0. The summed E-state index contributed by atoms with van der Waals surface area (Å²) >= 11 is 0. The van der Waals surface area contributed by atoms with Crippen LogP contribution in [0.5, 0.6) is 5.75 Å². The summed E-state index contributed by atoms with van der Waals surface area (Å²) in [6, 6.07) is 0.939. The van der Waals surface area contributed by atoms with E-state index in [9.17, 15) is 22.0 Å². The van der Waals surface area contributed by atoms with Gasteiger partial charge in [-0.05, 0) is 81.0 Å². The number of benzene rings is 1. The summed E-state index contributed by atoms with van der Waals surface area (Å²) in [5, 5.41) is 0. The normalized spacial score (nSPS) is 32.5. The predicted octanol–water partition coefficient (Wildman–Crippen LogP) is 9.07. The number of halogens is 5. The molecule has 0 aliphatic heterocycles. The molecular formula is C28H37F5O. The molecule has 3 aliphatic rings. The molecule has 0 amide bonds. The molecule has 0 radical (unpaired) electrons. The third-order valence-corrected chi connectivity index (χ3v) is 8.70. The molecule has 1 aromatic carbocycles. The lowest BCUT2D eigenvalue weighted by molar-refractivity contribution is -0.224. The zero-order valence-electron chi connectivity index (χ0n) is 20.1. The quantitative estimate of drug-likeness (QED) is 0.213. The highest BCUT2D eigenvalue weighted by Crippen LogP contribution is 2.46. The highest BCUT2D eigenvalue weighted by atomic mass is 19.3. The van der Waals surface area contributed by atoms with E-state index in [-0.39, 0.29) is 0 Å². The van der Waals surface area contributed by atoms with Crippen molar-refractivity contribution in [3.63, 3.8) is 0 Å². The van der Waals surface area contributed by atoms with Crippen molar-refractivity contribution < 1.29 is 26.7 Å². The van der Waals surface area contributed by atoms with Crippen LogP contribution in [-0.2, 0) is 0 Å². The van der Waals surface area contributed by atoms with E-state index in [1.54, 1.807) is 0 Å². The van der Waals surface area contributed by atoms with Gasteiger partial charge >= 0.3 is 6.11 Å². The van der Waals surface area contributed by atoms with Gasteiger partial charge in [0.1, 0.15) is 5.75 Å². The van der Waals surface area contributed by atoms with E-state index in [2.05, 4.69) is 23.8 Å². The zero-order chi connectivity index (χ0) is 24.3. The van der Waals surface area contributed by atoms with Gasteiger partial charge in [0.2, 0.25) is 0 Å². The molecule has 0 bridgehead atoms. The van der Waals surface area contributed by atoms with Crippen molar-refractivity contribution in [2.24, 2.45) is 35.5 Å². The molecule has 2 atom stereocenters. The van der Waals surface area contributed by atoms with E-state index < -0.39 is 35.2 Å². The summed E-state index contributed by atoms with van der Waals surface area (Å²) in [5.41, 5.74) is 0. The first-order valence-corrected chi connectivity index (χ1v) is 13.2. The van der Waals surface area contributed by atoms with Crippen molar-refractivity contribution in [1.82, 2.24) is 0 Å². The highest BCUT2D eigenvalue weighted by molar-refractivity contribution is 5.25. The van der Waals surface area contributed by atoms with E-state index in [0.29, 0.717) is 55.6 Å². The van der Waals surface area contributed by atoms with E-state index >= 15 is 0 Å². The number of allylic oxidation sites excluding steroid dienone is 2. The van der Waals surface area contributed by atoms with E-state index in [0.717, 1.165) is 18.3 Å². The van der Waals surface area contributed by atoms with Crippen LogP contribution in [0.15, 0.2) is 24.3 Å². The predicted molar refractivity (Wildman–Crippen MR) is 123 cm³/mol. The number of hydrogen-bond acceptors (Lipinski definition) is 1. The average molecular weight is 485 g/mol. The fourth-order valence-corrected chi connectivity index (χ4v) is 6.68. The summed E-state index contributed by atoms with van der Waals surface area (Å²) in [4.78, 5) is 0. The summed E-state index contributed by atoms with van der Waals surface area (Å²) in [6.45, 7) is 2.27. The minimum atomic E-state index is -3.55. The van der Waals surface area contributed by atoms with Crippen molar-refractivity contribution in [2.45, 2.75) is 90.1 Å². The molecule has 190 valence electrons. The molecule has 0 saturated heterocycles. The Bertz CT molecular complexity index is 814. The Morgan fingerprint density at radius 1 is 0.765 bits per heavy atom. The van der Waals surface area contributed by atoms with E-state index in [4.69, 9.17) is 0 Å². The lowest BCUT2D eigenvalue weighted by Gasteiger charge is -2.39. The third kappa shape index (κ3) is 5.96. The molecule has 4 rings (SSSR count). The number of hydrogen-bond donors (Lipinski definition) is 0. The smallest absolute Gasteiger partial charge is 0.400 e. The Labute approximate surface area is 200 Å². The van der Waals surface area contributed by atoms with Crippen molar-refractivity contribution in [3.05, 3.63) is 41.7 Å². The zero-order valence-corrected chi connectivity index (χ0v) is 20.1. The molecule has 1 nitrogen and oxygen atoms in total. The first kappa shape index (κ1) is 25.5. The van der Waals surface area contributed by atoms with Gasteiger partial charge in [0, 0.05) is 12.1 Å². The van der Waals surface area contributed by atoms with Crippen LogP contribution in [0.3, 0.4) is 0 Å². The van der Waals surface area contributed by atoms with Gasteiger partial charge < -0.3 is 4.74 Å². The molecule has 2 fully saturated rings. The topological polar surface area (TPSA) is 9.23 Å². The highest BCUT2D eigenvalue weighted by Gasteiger charge is 2.45. The van der Waals surface area contributed by atoms with Gasteiger partial charge in [-0.15, -0.1) is 0 Å². The van der Waals surface area contributed by atoms with Crippen LogP contribution >= 0.6 is 0 Å². The minimum Gasteiger partial charge on any atom is -0.432 e. The Morgan fingerprint density at radius 3 is 1.74 bits per heavy atom. The Balaban J connectivity index is 1.26. The standard InChI is InChI=1S/C28H37F5O/c1-2-3-18-4-6-19(7-5-18)20-8-10-21(11-9-20)22-12-14-23(15-13-22)28(32,33)34-24-16-25(29)27(31)26(30)17-24/h8,10,16-23H,2-7,9,11-15H2,1H3. The second kappa shape index (κ2) is 11.0. The van der Waals surface area contributed by atoms with Crippen molar-refractivity contribution in [1.29, 1.82) is 0 Å². The van der Waals surface area contributed by atoms with Gasteiger partial charge in [-0.25, -0.2) is 13.2 Å². The second-order valence-corrected chi connectivity index (χ2v) is 10.8. The van der Waals surface area contributed by atoms with Gasteiger partial charge in [0.15, 0.2) is 17.5 Å². The largest absolute Gasteiger partial charge is 0.432 e. The van der Waals surface area contributed by atoms with E-state index in [1.807, 2.05) is 0 Å². The summed E-state index contributed by atoms with van der Waals surface area (Å²) < 4.78 is 73.8. The third-order valence-electron chi connectivity index (χ3n) is 8.70. The van der Waals surface area contributed by atoms with Crippen molar-refractivity contribution in [2.75, 3.05) is 0 Å². The molecule has 2 saturated carbocycles. The van der Waals surface area contributed by atoms with Crippen LogP contribution in [0.4, 0.5) is 22.0 Å². The second-order valence-electron chi connectivity index (χ2n) is 10.8. The van der Waals surface area contributed by atoms with Crippen LogP contribution in [0.1, 0.15) is 84.0 Å². The van der Waals surface area contributed by atoms with Gasteiger partial charge in [-0.2, -0.15) is 8.78 Å². The molecule has 0 aromatic heterocycles. The fourth-order valence-electron chi connectivity index (χ4n) is 6.68. The molecule has 6 heteroatoms. The molecular weight excluding hydrogens is 447 g/mol. The lowest BCUT2D eigenvalue weighted by Crippen LogP contribution is -2.38. The van der Waals surface area contributed by atoms with Crippen molar-refractivity contribution in [3.8, 4) is 5.75 Å².